The summed E-state index contributed by atoms with van der Waals surface area (Å²) in [6.45, 7) is 0.807. The predicted octanol–water partition coefficient (Wildman–Crippen LogP) is 0.799. The second kappa shape index (κ2) is 3.86. The largest absolute Gasteiger partial charge is 0.480 e. The number of hydrogen-bond acceptors (Lipinski definition) is 4. The Morgan fingerprint density at radius 1 is 1.40 bits per heavy atom. The van der Waals surface area contributed by atoms with Crippen LogP contribution in [0.5, 0.6) is 5.88 Å². The monoisotopic (exact) mass is 206 g/mol. The highest BCUT2D eigenvalue weighted by Crippen LogP contribution is 2.10. The molecule has 2 rings (SSSR count). The molecule has 0 spiro atoms. The fourth-order valence-corrected chi connectivity index (χ4v) is 1.44. The van der Waals surface area contributed by atoms with E-state index in [2.05, 4.69) is 15.0 Å². The first-order valence-electron chi connectivity index (χ1n) is 4.73. The molecule has 0 aromatic carbocycles. The van der Waals surface area contributed by atoms with Gasteiger partial charge < -0.3 is 9.64 Å². The van der Waals surface area contributed by atoms with Crippen molar-refractivity contribution in [3.8, 4) is 5.88 Å². The summed E-state index contributed by atoms with van der Waals surface area (Å²) in [6, 6.07) is 3.70. The maximum atomic E-state index is 5.08. The highest BCUT2D eigenvalue weighted by Gasteiger charge is 2.06. The lowest BCUT2D eigenvalue weighted by Gasteiger charge is -2.08. The number of nitrogens with zero attached hydrogens (tertiary/aromatic N) is 4. The Kier molecular flexibility index (Phi) is 2.55. The molecular formula is C10H14N4O. The SMILES string of the molecule is COc1ccc2ncc(CN(C)C)n2n1. The molecule has 15 heavy (non-hydrogen) atoms. The highest BCUT2D eigenvalue weighted by atomic mass is 16.5. The number of ether oxygens (including phenoxy) is 1. The maximum absolute atomic E-state index is 5.08. The van der Waals surface area contributed by atoms with Crippen LogP contribution in [0.25, 0.3) is 5.65 Å². The number of rotatable bonds is 3. The zero-order chi connectivity index (χ0) is 10.8. The zero-order valence-corrected chi connectivity index (χ0v) is 9.14. The average molecular weight is 206 g/mol. The van der Waals surface area contributed by atoms with Crippen molar-refractivity contribution in [2.75, 3.05) is 21.2 Å². The number of fused-ring (bicyclic) bond motifs is 1. The van der Waals surface area contributed by atoms with Crippen molar-refractivity contribution in [1.29, 1.82) is 0 Å². The third-order valence-electron chi connectivity index (χ3n) is 2.10. The lowest BCUT2D eigenvalue weighted by Crippen LogP contribution is -2.13. The van der Waals surface area contributed by atoms with E-state index in [-0.39, 0.29) is 0 Å². The Balaban J connectivity index is 2.46. The van der Waals surface area contributed by atoms with Crippen molar-refractivity contribution in [3.05, 3.63) is 24.0 Å². The summed E-state index contributed by atoms with van der Waals surface area (Å²) in [4.78, 5) is 6.34. The van der Waals surface area contributed by atoms with Crippen molar-refractivity contribution < 1.29 is 4.74 Å². The summed E-state index contributed by atoms with van der Waals surface area (Å²) in [7, 11) is 5.63. The lowest BCUT2D eigenvalue weighted by molar-refractivity contribution is 0.378. The van der Waals surface area contributed by atoms with Crippen molar-refractivity contribution in [2.24, 2.45) is 0 Å². The summed E-state index contributed by atoms with van der Waals surface area (Å²) in [6.07, 6.45) is 1.84. The minimum atomic E-state index is 0.598. The number of aromatic nitrogens is 3. The van der Waals surface area contributed by atoms with Gasteiger partial charge in [0.1, 0.15) is 0 Å². The van der Waals surface area contributed by atoms with E-state index in [0.717, 1.165) is 17.9 Å². The second-order valence-corrected chi connectivity index (χ2v) is 3.63. The smallest absolute Gasteiger partial charge is 0.231 e. The molecule has 2 heterocycles. The minimum Gasteiger partial charge on any atom is -0.480 e. The molecule has 0 saturated heterocycles. The van der Waals surface area contributed by atoms with Gasteiger partial charge in [-0.25, -0.2) is 9.50 Å². The van der Waals surface area contributed by atoms with Gasteiger partial charge in [0.15, 0.2) is 5.65 Å². The van der Waals surface area contributed by atoms with Gasteiger partial charge in [-0.15, -0.1) is 5.10 Å². The van der Waals surface area contributed by atoms with Gasteiger partial charge in [0.2, 0.25) is 5.88 Å². The molecular weight excluding hydrogens is 192 g/mol. The maximum Gasteiger partial charge on any atom is 0.231 e. The first-order chi connectivity index (χ1) is 7.20. The highest BCUT2D eigenvalue weighted by molar-refractivity contribution is 5.39. The summed E-state index contributed by atoms with van der Waals surface area (Å²) >= 11 is 0. The number of imidazole rings is 1. The third kappa shape index (κ3) is 1.92. The fourth-order valence-electron chi connectivity index (χ4n) is 1.44. The number of methoxy groups -OCH3 is 1. The van der Waals surface area contributed by atoms with Crippen molar-refractivity contribution in [2.45, 2.75) is 6.54 Å². The third-order valence-corrected chi connectivity index (χ3v) is 2.10. The van der Waals surface area contributed by atoms with E-state index < -0.39 is 0 Å². The van der Waals surface area contributed by atoms with Crippen LogP contribution < -0.4 is 4.74 Å². The van der Waals surface area contributed by atoms with Crippen LogP contribution in [-0.2, 0) is 6.54 Å². The molecule has 0 unspecified atom stereocenters. The van der Waals surface area contributed by atoms with Crippen LogP contribution in [0.4, 0.5) is 0 Å². The Hall–Kier alpha value is -1.62. The molecule has 2 aromatic rings. The van der Waals surface area contributed by atoms with Crippen LogP contribution in [-0.4, -0.2) is 40.7 Å². The van der Waals surface area contributed by atoms with Crippen LogP contribution in [0.3, 0.4) is 0 Å². The van der Waals surface area contributed by atoms with Gasteiger partial charge >= 0.3 is 0 Å². The van der Waals surface area contributed by atoms with Crippen LogP contribution in [0.2, 0.25) is 0 Å². The summed E-state index contributed by atoms with van der Waals surface area (Å²) < 4.78 is 6.88. The molecule has 0 fully saturated rings. The molecule has 5 nitrogen and oxygen atoms in total. The molecule has 0 aliphatic carbocycles. The minimum absolute atomic E-state index is 0.598. The van der Waals surface area contributed by atoms with Gasteiger partial charge in [-0.1, -0.05) is 0 Å². The van der Waals surface area contributed by atoms with Crippen LogP contribution in [0.1, 0.15) is 5.69 Å². The molecule has 0 aliphatic heterocycles. The van der Waals surface area contributed by atoms with Gasteiger partial charge in [0.05, 0.1) is 19.0 Å². The molecule has 0 amide bonds. The van der Waals surface area contributed by atoms with Gasteiger partial charge in [-0.05, 0) is 20.2 Å². The van der Waals surface area contributed by atoms with E-state index in [4.69, 9.17) is 4.74 Å². The Morgan fingerprint density at radius 2 is 2.20 bits per heavy atom. The van der Waals surface area contributed by atoms with E-state index in [1.54, 1.807) is 11.6 Å². The molecule has 0 bridgehead atoms. The molecule has 0 N–H and O–H groups in total. The normalized spacial score (nSPS) is 11.2. The summed E-state index contributed by atoms with van der Waals surface area (Å²) in [5, 5.41) is 4.31. The van der Waals surface area contributed by atoms with Crippen molar-refractivity contribution in [3.63, 3.8) is 0 Å². The first kappa shape index (κ1) is 9.92. The van der Waals surface area contributed by atoms with E-state index >= 15 is 0 Å². The standard InChI is InChI=1S/C10H14N4O/c1-13(2)7-8-6-11-9-4-5-10(15-3)12-14(8)9/h4-6H,7H2,1-3H3. The second-order valence-electron chi connectivity index (χ2n) is 3.63. The van der Waals surface area contributed by atoms with Crippen LogP contribution in [0, 0.1) is 0 Å². The Morgan fingerprint density at radius 3 is 2.87 bits per heavy atom. The molecule has 80 valence electrons. The van der Waals surface area contributed by atoms with E-state index in [1.807, 2.05) is 32.4 Å². The van der Waals surface area contributed by atoms with Crippen molar-refractivity contribution >= 4 is 5.65 Å². The van der Waals surface area contributed by atoms with Gasteiger partial charge in [-0.2, -0.15) is 0 Å². The molecule has 2 aromatic heterocycles. The van der Waals surface area contributed by atoms with Gasteiger partial charge in [0, 0.05) is 12.6 Å². The first-order valence-corrected chi connectivity index (χ1v) is 4.73. The molecule has 0 atom stereocenters. The zero-order valence-electron chi connectivity index (χ0n) is 9.14. The van der Waals surface area contributed by atoms with Crippen LogP contribution >= 0.6 is 0 Å². The predicted molar refractivity (Wildman–Crippen MR) is 56.9 cm³/mol. The Bertz CT molecular complexity index is 463. The molecule has 5 heteroatoms. The Labute approximate surface area is 88.3 Å². The molecule has 0 saturated carbocycles. The van der Waals surface area contributed by atoms with Crippen LogP contribution in [0.15, 0.2) is 18.3 Å². The van der Waals surface area contributed by atoms with E-state index in [1.165, 1.54) is 0 Å². The average Bonchev–Trinajstić information content (AvgIpc) is 2.60. The van der Waals surface area contributed by atoms with Gasteiger partial charge in [0.25, 0.3) is 0 Å². The van der Waals surface area contributed by atoms with Crippen molar-refractivity contribution in [1.82, 2.24) is 19.5 Å². The fraction of sp³-hybridized carbons (Fsp3) is 0.400. The topological polar surface area (TPSA) is 42.7 Å². The molecule has 0 aliphatic rings. The van der Waals surface area contributed by atoms with Gasteiger partial charge in [-0.3, -0.25) is 0 Å². The summed E-state index contributed by atoms with van der Waals surface area (Å²) in [5.41, 5.74) is 1.89. The number of hydrogen-bond donors (Lipinski definition) is 0. The quantitative estimate of drug-likeness (QED) is 0.745. The van der Waals surface area contributed by atoms with E-state index in [0.29, 0.717) is 5.88 Å². The molecule has 0 radical (unpaired) electrons. The van der Waals surface area contributed by atoms with E-state index in [9.17, 15) is 0 Å². The lowest BCUT2D eigenvalue weighted by atomic mass is 10.4. The summed E-state index contributed by atoms with van der Waals surface area (Å²) in [5.74, 6) is 0.598.